The van der Waals surface area contributed by atoms with Crippen LogP contribution in [-0.2, 0) is 0 Å². The van der Waals surface area contributed by atoms with Crippen LogP contribution in [0.2, 0.25) is 0 Å². The molecule has 0 aliphatic heterocycles. The molecule has 0 unspecified atom stereocenters. The first-order valence-electron chi connectivity index (χ1n) is 7.97. The third-order valence-electron chi connectivity index (χ3n) is 3.20. The van der Waals surface area contributed by atoms with E-state index in [-0.39, 0.29) is 5.91 Å². The van der Waals surface area contributed by atoms with E-state index in [0.29, 0.717) is 41.9 Å². The van der Waals surface area contributed by atoms with E-state index in [9.17, 15) is 4.79 Å². The Morgan fingerprint density at radius 2 is 1.75 bits per heavy atom. The monoisotopic (exact) mass is 325 g/mol. The van der Waals surface area contributed by atoms with E-state index in [4.69, 9.17) is 9.47 Å². The fraction of sp³-hybridized carbons (Fsp3) is 0.250. The van der Waals surface area contributed by atoms with Crippen molar-refractivity contribution in [1.29, 1.82) is 0 Å². The molecule has 1 N–H and O–H groups in total. The molecule has 2 aromatic rings. The summed E-state index contributed by atoms with van der Waals surface area (Å²) >= 11 is 0. The number of para-hydroxylation sites is 3. The van der Waals surface area contributed by atoms with Gasteiger partial charge in [-0.3, -0.25) is 4.79 Å². The van der Waals surface area contributed by atoms with Crippen LogP contribution in [0.4, 0.5) is 5.69 Å². The Labute approximate surface area is 143 Å². The zero-order valence-electron chi connectivity index (χ0n) is 14.1. The van der Waals surface area contributed by atoms with Gasteiger partial charge in [0, 0.05) is 0 Å². The lowest BCUT2D eigenvalue weighted by Gasteiger charge is -2.14. The molecule has 4 nitrogen and oxygen atoms in total. The van der Waals surface area contributed by atoms with Gasteiger partial charge in [0.15, 0.2) is 0 Å². The van der Waals surface area contributed by atoms with Gasteiger partial charge < -0.3 is 14.8 Å². The minimum absolute atomic E-state index is 0.232. The van der Waals surface area contributed by atoms with Crippen LogP contribution in [0.15, 0.2) is 61.2 Å². The van der Waals surface area contributed by atoms with Crippen molar-refractivity contribution in [3.63, 3.8) is 0 Å². The first-order valence-corrected chi connectivity index (χ1v) is 7.97. The van der Waals surface area contributed by atoms with Crippen LogP contribution < -0.4 is 14.8 Å². The number of benzene rings is 2. The van der Waals surface area contributed by atoms with Crippen LogP contribution in [0.25, 0.3) is 0 Å². The molecule has 0 fully saturated rings. The molecule has 0 atom stereocenters. The molecular weight excluding hydrogens is 302 g/mol. The Morgan fingerprint density at radius 1 is 1.08 bits per heavy atom. The molecule has 0 radical (unpaired) electrons. The van der Waals surface area contributed by atoms with Gasteiger partial charge >= 0.3 is 0 Å². The van der Waals surface area contributed by atoms with Crippen LogP contribution in [0.1, 0.15) is 24.2 Å². The van der Waals surface area contributed by atoms with E-state index < -0.39 is 0 Å². The Kier molecular flexibility index (Phi) is 6.43. The highest BCUT2D eigenvalue weighted by Crippen LogP contribution is 2.26. The highest BCUT2D eigenvalue weighted by Gasteiger charge is 2.14. The van der Waals surface area contributed by atoms with E-state index in [1.165, 1.54) is 0 Å². The first kappa shape index (κ1) is 17.6. The van der Waals surface area contributed by atoms with Crippen molar-refractivity contribution in [2.24, 2.45) is 5.92 Å². The number of anilines is 1. The Balaban J connectivity index is 2.17. The zero-order valence-corrected chi connectivity index (χ0v) is 14.1. The maximum absolute atomic E-state index is 12.6. The average Bonchev–Trinajstić information content (AvgIpc) is 2.59. The van der Waals surface area contributed by atoms with Crippen LogP contribution >= 0.6 is 0 Å². The second kappa shape index (κ2) is 8.77. The summed E-state index contributed by atoms with van der Waals surface area (Å²) in [5.74, 6) is 1.33. The number of ether oxygens (including phenoxy) is 2. The third kappa shape index (κ3) is 4.88. The van der Waals surface area contributed by atoms with Crippen molar-refractivity contribution < 1.29 is 14.3 Å². The maximum atomic E-state index is 12.6. The molecule has 0 aliphatic carbocycles. The molecule has 126 valence electrons. The maximum Gasteiger partial charge on any atom is 0.259 e. The van der Waals surface area contributed by atoms with Gasteiger partial charge in [0.25, 0.3) is 5.91 Å². The van der Waals surface area contributed by atoms with Gasteiger partial charge in [-0.2, -0.15) is 0 Å². The normalized spacial score (nSPS) is 10.3. The molecule has 24 heavy (non-hydrogen) atoms. The summed E-state index contributed by atoms with van der Waals surface area (Å²) in [6.07, 6.45) is 1.66. The fourth-order valence-corrected chi connectivity index (χ4v) is 2.07. The molecule has 0 saturated carbocycles. The van der Waals surface area contributed by atoms with Crippen LogP contribution in [-0.4, -0.2) is 19.1 Å². The number of carbonyl (C=O) groups is 1. The highest BCUT2D eigenvalue weighted by molar-refractivity contribution is 6.06. The summed E-state index contributed by atoms with van der Waals surface area (Å²) in [7, 11) is 0. The molecule has 2 aromatic carbocycles. The highest BCUT2D eigenvalue weighted by atomic mass is 16.5. The molecule has 0 bridgehead atoms. The molecule has 0 aliphatic rings. The molecule has 1 amide bonds. The smallest absolute Gasteiger partial charge is 0.259 e. The van der Waals surface area contributed by atoms with Crippen molar-refractivity contribution >= 4 is 11.6 Å². The summed E-state index contributed by atoms with van der Waals surface area (Å²) in [4.78, 5) is 12.6. The summed E-state index contributed by atoms with van der Waals surface area (Å²) in [6, 6.07) is 14.5. The van der Waals surface area contributed by atoms with Crippen molar-refractivity contribution in [2.45, 2.75) is 13.8 Å². The number of carbonyl (C=O) groups excluding carboxylic acids is 1. The summed E-state index contributed by atoms with van der Waals surface area (Å²) < 4.78 is 11.3. The SMILES string of the molecule is C=CCOc1ccccc1NC(=O)c1ccccc1OCC(C)C. The molecule has 4 heteroatoms. The van der Waals surface area contributed by atoms with Crippen LogP contribution in [0, 0.1) is 5.92 Å². The Hall–Kier alpha value is -2.75. The van der Waals surface area contributed by atoms with Crippen molar-refractivity contribution in [1.82, 2.24) is 0 Å². The van der Waals surface area contributed by atoms with E-state index in [1.807, 2.05) is 24.3 Å². The lowest BCUT2D eigenvalue weighted by molar-refractivity contribution is 0.102. The minimum atomic E-state index is -0.232. The third-order valence-corrected chi connectivity index (χ3v) is 3.20. The summed E-state index contributed by atoms with van der Waals surface area (Å²) in [5.41, 5.74) is 1.11. The fourth-order valence-electron chi connectivity index (χ4n) is 2.07. The van der Waals surface area contributed by atoms with E-state index >= 15 is 0 Å². The standard InChI is InChI=1S/C20H23NO3/c1-4-13-23-19-12-8-6-10-17(19)21-20(22)16-9-5-7-11-18(16)24-14-15(2)3/h4-12,15H,1,13-14H2,2-3H3,(H,21,22). The van der Waals surface area contributed by atoms with E-state index in [2.05, 4.69) is 25.7 Å². The number of rotatable bonds is 8. The predicted molar refractivity (Wildman–Crippen MR) is 96.9 cm³/mol. The summed E-state index contributed by atoms with van der Waals surface area (Å²) in [5, 5.41) is 2.89. The van der Waals surface area contributed by atoms with E-state index in [1.54, 1.807) is 30.3 Å². The van der Waals surface area contributed by atoms with Gasteiger partial charge in [-0.1, -0.05) is 50.8 Å². The summed E-state index contributed by atoms with van der Waals surface area (Å²) in [6.45, 7) is 8.70. The molecule has 0 heterocycles. The quantitative estimate of drug-likeness (QED) is 0.725. The van der Waals surface area contributed by atoms with Gasteiger partial charge in [-0.05, 0) is 30.2 Å². The second-order valence-electron chi connectivity index (χ2n) is 5.75. The van der Waals surface area contributed by atoms with Crippen molar-refractivity contribution in [3.05, 3.63) is 66.7 Å². The zero-order chi connectivity index (χ0) is 17.4. The molecule has 0 saturated heterocycles. The lowest BCUT2D eigenvalue weighted by Crippen LogP contribution is -2.15. The van der Waals surface area contributed by atoms with Gasteiger partial charge in [0.2, 0.25) is 0 Å². The van der Waals surface area contributed by atoms with Gasteiger partial charge in [-0.25, -0.2) is 0 Å². The average molecular weight is 325 g/mol. The van der Waals surface area contributed by atoms with Crippen molar-refractivity contribution in [2.75, 3.05) is 18.5 Å². The van der Waals surface area contributed by atoms with Crippen molar-refractivity contribution in [3.8, 4) is 11.5 Å². The first-order chi connectivity index (χ1) is 11.6. The Bertz CT molecular complexity index is 695. The second-order valence-corrected chi connectivity index (χ2v) is 5.75. The topological polar surface area (TPSA) is 47.6 Å². The molecule has 0 spiro atoms. The molecule has 0 aromatic heterocycles. The number of amides is 1. The van der Waals surface area contributed by atoms with Gasteiger partial charge in [-0.15, -0.1) is 0 Å². The van der Waals surface area contributed by atoms with Crippen LogP contribution in [0.3, 0.4) is 0 Å². The number of hydrogen-bond donors (Lipinski definition) is 1. The Morgan fingerprint density at radius 3 is 2.46 bits per heavy atom. The minimum Gasteiger partial charge on any atom is -0.492 e. The number of hydrogen-bond acceptors (Lipinski definition) is 3. The van der Waals surface area contributed by atoms with E-state index in [0.717, 1.165) is 0 Å². The van der Waals surface area contributed by atoms with Crippen LogP contribution in [0.5, 0.6) is 11.5 Å². The number of nitrogens with one attached hydrogen (secondary N) is 1. The van der Waals surface area contributed by atoms with Gasteiger partial charge in [0.05, 0.1) is 17.9 Å². The lowest BCUT2D eigenvalue weighted by atomic mass is 10.1. The predicted octanol–water partition coefficient (Wildman–Crippen LogP) is 4.54. The van der Waals surface area contributed by atoms with Gasteiger partial charge in [0.1, 0.15) is 18.1 Å². The molecular formula is C20H23NO3. The molecule has 2 rings (SSSR count). The largest absolute Gasteiger partial charge is 0.492 e.